The van der Waals surface area contributed by atoms with Crippen molar-refractivity contribution >= 4 is 12.6 Å². The van der Waals surface area contributed by atoms with Crippen LogP contribution >= 0.6 is 0 Å². The summed E-state index contributed by atoms with van der Waals surface area (Å²) in [6.45, 7) is 6.53. The molecule has 0 aromatic carbocycles. The molecule has 7 nitrogen and oxygen atoms in total. The number of rotatable bonds is 0. The maximum absolute atomic E-state index is 8.68. The molecule has 0 saturated heterocycles. The first-order valence-electron chi connectivity index (χ1n) is 12.2. The van der Waals surface area contributed by atoms with Crippen molar-refractivity contribution in [2.24, 2.45) is 0 Å². The van der Waals surface area contributed by atoms with Gasteiger partial charge in [-0.2, -0.15) is 13.8 Å². The van der Waals surface area contributed by atoms with Crippen LogP contribution in [0.2, 0.25) is 0 Å². The smallest absolute Gasteiger partial charge is 0.0545 e. The maximum Gasteiger partial charge on any atom is 0.0545 e. The number of fused-ring (bicyclic) bond motifs is 4. The maximum atomic E-state index is 8.68. The molecule has 2 aliphatic carbocycles. The molecule has 3 aliphatic rings. The summed E-state index contributed by atoms with van der Waals surface area (Å²) in [5.74, 6) is 0. The summed E-state index contributed by atoms with van der Waals surface area (Å²) >= 11 is 0. The van der Waals surface area contributed by atoms with Gasteiger partial charge in [-0.3, -0.25) is 17.6 Å². The van der Waals surface area contributed by atoms with Crippen molar-refractivity contribution in [2.45, 2.75) is 102 Å². The summed E-state index contributed by atoms with van der Waals surface area (Å²) < 4.78 is 0. The van der Waals surface area contributed by atoms with Gasteiger partial charge in [0.25, 0.3) is 0 Å². The summed E-state index contributed by atoms with van der Waals surface area (Å²) in [4.78, 5) is 22.3. The second-order valence-corrected chi connectivity index (χ2v) is 8.69. The number of nitrogens with zero attached hydrogens (tertiary/aromatic N) is 1. The molecule has 4 N–H and O–H groups in total. The molecule has 2 heterocycles. The summed E-state index contributed by atoms with van der Waals surface area (Å²) in [6.07, 6.45) is 13.5. The van der Waals surface area contributed by atoms with Crippen molar-refractivity contribution < 1.29 is 26.7 Å². The predicted molar refractivity (Wildman–Crippen MR) is 129 cm³/mol. The van der Waals surface area contributed by atoms with Gasteiger partial charge in [-0.15, -0.1) is 0 Å². The van der Waals surface area contributed by atoms with Crippen LogP contribution in [0.25, 0.3) is 0 Å². The van der Waals surface area contributed by atoms with E-state index in [2.05, 4.69) is 39.5 Å². The minimum atomic E-state index is 0. The largest absolute Gasteiger partial charge is 0.542 e. The van der Waals surface area contributed by atoms with E-state index in [9.17, 15) is 0 Å². The summed E-state index contributed by atoms with van der Waals surface area (Å²) in [5.41, 5.74) is 2.34. The molecule has 4 rings (SSSR count). The van der Waals surface area contributed by atoms with Crippen LogP contribution in [0.4, 0.5) is 0 Å². The normalized spacial score (nSPS) is 27.6. The third-order valence-corrected chi connectivity index (χ3v) is 6.43. The van der Waals surface area contributed by atoms with E-state index in [1.165, 1.54) is 89.2 Å². The molecule has 2 saturated carbocycles. The van der Waals surface area contributed by atoms with Crippen LogP contribution in [-0.4, -0.2) is 54.8 Å². The van der Waals surface area contributed by atoms with Crippen molar-refractivity contribution in [1.29, 1.82) is 0 Å². The van der Waals surface area contributed by atoms with Crippen LogP contribution < -0.4 is 21.3 Å². The minimum absolute atomic E-state index is 0. The molecule has 0 unspecified atom stereocenters. The monoisotopic (exact) mass is 498 g/mol. The zero-order chi connectivity index (χ0) is 23.0. The van der Waals surface area contributed by atoms with Gasteiger partial charge in [0.15, 0.2) is 0 Å². The van der Waals surface area contributed by atoms with Gasteiger partial charge in [0.05, 0.1) is 11.4 Å². The van der Waals surface area contributed by atoms with Crippen LogP contribution in [0.15, 0.2) is 18.2 Å². The molecular weight excluding hydrogens is 457 g/mol. The molecule has 1 aliphatic heterocycles. The molecule has 2 bridgehead atoms. The third kappa shape index (κ3) is 11.2. The summed E-state index contributed by atoms with van der Waals surface area (Å²) in [6, 6.07) is 8.81. The fourth-order valence-corrected chi connectivity index (χ4v) is 4.95. The molecule has 187 valence electrons. The zero-order valence-corrected chi connectivity index (χ0v) is 21.3. The predicted octanol–water partition coefficient (Wildman–Crippen LogP) is 2.31. The quantitative estimate of drug-likeness (QED) is 0.322. The van der Waals surface area contributed by atoms with Crippen LogP contribution in [0.5, 0.6) is 0 Å². The first-order valence-corrected chi connectivity index (χ1v) is 12.2. The number of nitrogens with one attached hydrogen (secondary N) is 4. The van der Waals surface area contributed by atoms with E-state index >= 15 is 0 Å². The molecule has 1 radical (unpaired) electrons. The van der Waals surface area contributed by atoms with E-state index in [-0.39, 0.29) is 17.1 Å². The van der Waals surface area contributed by atoms with Crippen LogP contribution in [-0.2, 0) is 39.7 Å². The number of hydrogen-bond acceptors (Lipinski definition) is 7. The minimum Gasteiger partial charge on any atom is -0.542 e. The summed E-state index contributed by atoms with van der Waals surface area (Å²) in [7, 11) is 0. The number of carbonyl (C=O) groups excluding carboxylic acids is 2. The van der Waals surface area contributed by atoms with Gasteiger partial charge in [0, 0.05) is 67.4 Å². The van der Waals surface area contributed by atoms with Gasteiger partial charge < -0.3 is 30.9 Å². The Morgan fingerprint density at radius 2 is 1.03 bits per heavy atom. The van der Waals surface area contributed by atoms with E-state index < -0.39 is 0 Å². The average molecular weight is 499 g/mol. The second-order valence-electron chi connectivity index (χ2n) is 8.69. The van der Waals surface area contributed by atoms with Crippen molar-refractivity contribution in [3.05, 3.63) is 29.6 Å². The third-order valence-electron chi connectivity index (χ3n) is 6.43. The number of aromatic nitrogens is 1. The SMILES string of the molecule is C[C-]=O.C[C-]=O.[Mn].c1cc2nc(c1)CN[C@H]1CCCC[C@@H]1NCCN[C@H]1CCCC[C@@H]1NC2. The Hall–Kier alpha value is -1.15. The Labute approximate surface area is 210 Å². The number of pyridine rings is 1. The standard InChI is InChI=1S/C21H35N5.2C2H3O.Mn/c1-3-10-20-18(8-1)22-12-13-23-19-9-2-4-11-21(19)25-15-17-7-5-6-16(26-17)14-24-20;2*1-2-3;/h5-7,18-25H,1-4,8-15H2;2*1H3;/q;2*-1;/t18-,19-,20-,21-;;;/m0.../s1. The molecule has 0 spiro atoms. The van der Waals surface area contributed by atoms with E-state index in [0.29, 0.717) is 24.2 Å². The average Bonchev–Trinajstić information content (AvgIpc) is 2.81. The van der Waals surface area contributed by atoms with Crippen LogP contribution in [0, 0.1) is 0 Å². The van der Waals surface area contributed by atoms with Crippen LogP contribution in [0.3, 0.4) is 0 Å². The van der Waals surface area contributed by atoms with Crippen molar-refractivity contribution in [1.82, 2.24) is 26.3 Å². The van der Waals surface area contributed by atoms with Crippen molar-refractivity contribution in [2.75, 3.05) is 13.1 Å². The molecule has 4 atom stereocenters. The fraction of sp³-hybridized carbons (Fsp3) is 0.720. The van der Waals surface area contributed by atoms with Gasteiger partial charge >= 0.3 is 0 Å². The Morgan fingerprint density at radius 1 is 0.697 bits per heavy atom. The topological polar surface area (TPSA) is 95.2 Å². The first-order chi connectivity index (χ1) is 15.7. The zero-order valence-electron chi connectivity index (χ0n) is 20.2. The Bertz CT molecular complexity index is 612. The summed E-state index contributed by atoms with van der Waals surface area (Å²) in [5, 5.41) is 15.2. The van der Waals surface area contributed by atoms with E-state index in [1.54, 1.807) is 0 Å². The Balaban J connectivity index is 0.000000706. The van der Waals surface area contributed by atoms with Crippen LogP contribution in [0.1, 0.15) is 76.6 Å². The Morgan fingerprint density at radius 3 is 1.39 bits per heavy atom. The fourth-order valence-electron chi connectivity index (χ4n) is 4.95. The van der Waals surface area contributed by atoms with Gasteiger partial charge in [-0.25, -0.2) is 0 Å². The molecule has 1 aromatic heterocycles. The van der Waals surface area contributed by atoms with Gasteiger partial charge in [-0.05, 0) is 37.8 Å². The van der Waals surface area contributed by atoms with Crippen molar-refractivity contribution in [3.8, 4) is 0 Å². The molecule has 1 aromatic rings. The van der Waals surface area contributed by atoms with E-state index in [1.807, 2.05) is 0 Å². The Kier molecular flexibility index (Phi) is 16.5. The first kappa shape index (κ1) is 29.9. The molecular formula is C25H41MnN5O2-2. The molecule has 2 fully saturated rings. The molecule has 0 amide bonds. The van der Waals surface area contributed by atoms with E-state index in [0.717, 1.165) is 26.2 Å². The van der Waals surface area contributed by atoms with Gasteiger partial charge in [0.2, 0.25) is 0 Å². The molecule has 33 heavy (non-hydrogen) atoms. The number of hydrogen-bond donors (Lipinski definition) is 4. The van der Waals surface area contributed by atoms with Gasteiger partial charge in [0.1, 0.15) is 0 Å². The molecule has 8 heteroatoms. The van der Waals surface area contributed by atoms with Crippen molar-refractivity contribution in [3.63, 3.8) is 0 Å². The second kappa shape index (κ2) is 18.2. The van der Waals surface area contributed by atoms with E-state index in [4.69, 9.17) is 14.6 Å². The van der Waals surface area contributed by atoms with Gasteiger partial charge in [-0.1, -0.05) is 31.7 Å².